The van der Waals surface area contributed by atoms with Gasteiger partial charge >= 0.3 is 0 Å². The number of hydrogen-bond acceptors (Lipinski definition) is 4. The molecule has 2 rings (SSSR count). The van der Waals surface area contributed by atoms with Crippen molar-refractivity contribution in [1.82, 2.24) is 9.97 Å². The molecular formula is C11H9BrN2O2. The summed E-state index contributed by atoms with van der Waals surface area (Å²) < 4.78 is 6.32. The fraction of sp³-hybridized carbons (Fsp3) is 0.0909. The number of ether oxygens (including phenoxy) is 1. The first-order valence-electron chi connectivity index (χ1n) is 4.63. The Morgan fingerprint density at radius 1 is 1.31 bits per heavy atom. The van der Waals surface area contributed by atoms with Gasteiger partial charge in [-0.25, -0.2) is 4.98 Å². The van der Waals surface area contributed by atoms with E-state index in [0.29, 0.717) is 17.3 Å². The van der Waals surface area contributed by atoms with Gasteiger partial charge in [-0.05, 0) is 28.1 Å². The summed E-state index contributed by atoms with van der Waals surface area (Å²) in [5, 5.41) is 8.93. The Hall–Kier alpha value is -1.46. The number of aliphatic hydroxyl groups is 1. The van der Waals surface area contributed by atoms with Crippen molar-refractivity contribution in [2.24, 2.45) is 0 Å². The Bertz CT molecular complexity index is 491. The van der Waals surface area contributed by atoms with E-state index in [1.807, 2.05) is 0 Å². The van der Waals surface area contributed by atoms with Crippen LogP contribution in [0.1, 0.15) is 5.69 Å². The highest BCUT2D eigenvalue weighted by molar-refractivity contribution is 9.10. The fourth-order valence-corrected chi connectivity index (χ4v) is 1.52. The number of rotatable bonds is 3. The molecule has 0 bridgehead atoms. The standard InChI is InChI=1S/C11H9BrN2O2/c12-8-4-10(6-13-5-8)16-11-3-1-2-9(7-15)14-11/h1-6,15H,7H2. The van der Waals surface area contributed by atoms with Gasteiger partial charge in [0.05, 0.1) is 18.5 Å². The van der Waals surface area contributed by atoms with Crippen molar-refractivity contribution in [3.63, 3.8) is 0 Å². The highest BCUT2D eigenvalue weighted by atomic mass is 79.9. The Kier molecular flexibility index (Phi) is 3.48. The quantitative estimate of drug-likeness (QED) is 0.939. The van der Waals surface area contributed by atoms with E-state index in [1.165, 1.54) is 0 Å². The predicted molar refractivity (Wildman–Crippen MR) is 62.2 cm³/mol. The Morgan fingerprint density at radius 2 is 2.19 bits per heavy atom. The number of halogens is 1. The second-order valence-corrected chi connectivity index (χ2v) is 3.98. The van der Waals surface area contributed by atoms with Crippen LogP contribution in [0, 0.1) is 0 Å². The first-order chi connectivity index (χ1) is 7.78. The highest BCUT2D eigenvalue weighted by Gasteiger charge is 2.00. The van der Waals surface area contributed by atoms with Gasteiger partial charge in [-0.2, -0.15) is 0 Å². The lowest BCUT2D eigenvalue weighted by molar-refractivity contribution is 0.275. The topological polar surface area (TPSA) is 55.2 Å². The van der Waals surface area contributed by atoms with E-state index in [1.54, 1.807) is 36.7 Å². The van der Waals surface area contributed by atoms with Gasteiger partial charge in [0.2, 0.25) is 5.88 Å². The molecule has 1 N–H and O–H groups in total. The average Bonchev–Trinajstić information content (AvgIpc) is 2.29. The van der Waals surface area contributed by atoms with E-state index in [2.05, 4.69) is 25.9 Å². The number of aliphatic hydroxyl groups excluding tert-OH is 1. The van der Waals surface area contributed by atoms with Gasteiger partial charge in [0, 0.05) is 16.7 Å². The zero-order valence-corrected chi connectivity index (χ0v) is 9.89. The van der Waals surface area contributed by atoms with Crippen LogP contribution in [0.15, 0.2) is 41.1 Å². The van der Waals surface area contributed by atoms with Crippen LogP contribution in [0.5, 0.6) is 11.6 Å². The van der Waals surface area contributed by atoms with Crippen molar-refractivity contribution >= 4 is 15.9 Å². The summed E-state index contributed by atoms with van der Waals surface area (Å²) in [7, 11) is 0. The highest BCUT2D eigenvalue weighted by Crippen LogP contribution is 2.21. The summed E-state index contributed by atoms with van der Waals surface area (Å²) in [4.78, 5) is 8.07. The molecule has 0 aromatic carbocycles. The smallest absolute Gasteiger partial charge is 0.219 e. The van der Waals surface area contributed by atoms with Crippen LogP contribution in [0.3, 0.4) is 0 Å². The van der Waals surface area contributed by atoms with E-state index in [4.69, 9.17) is 9.84 Å². The minimum atomic E-state index is -0.103. The maximum absolute atomic E-state index is 8.93. The van der Waals surface area contributed by atoms with Crippen molar-refractivity contribution in [2.45, 2.75) is 6.61 Å². The zero-order chi connectivity index (χ0) is 11.4. The van der Waals surface area contributed by atoms with E-state index in [9.17, 15) is 0 Å². The second kappa shape index (κ2) is 5.05. The molecule has 0 atom stereocenters. The number of aromatic nitrogens is 2. The molecule has 2 heterocycles. The number of pyridine rings is 2. The van der Waals surface area contributed by atoms with Crippen LogP contribution in [-0.4, -0.2) is 15.1 Å². The minimum Gasteiger partial charge on any atom is -0.437 e. The molecule has 0 aliphatic heterocycles. The van der Waals surface area contributed by atoms with Crippen molar-refractivity contribution < 1.29 is 9.84 Å². The third kappa shape index (κ3) is 2.77. The Labute approximate surface area is 101 Å². The molecule has 0 amide bonds. The van der Waals surface area contributed by atoms with Gasteiger partial charge in [-0.15, -0.1) is 0 Å². The molecule has 5 heteroatoms. The maximum atomic E-state index is 8.93. The minimum absolute atomic E-state index is 0.103. The molecule has 2 aromatic heterocycles. The number of hydrogen-bond donors (Lipinski definition) is 1. The number of nitrogens with zero attached hydrogens (tertiary/aromatic N) is 2. The average molecular weight is 281 g/mol. The molecule has 0 radical (unpaired) electrons. The summed E-state index contributed by atoms with van der Waals surface area (Å²) in [6.45, 7) is -0.103. The first kappa shape index (κ1) is 11.0. The first-order valence-corrected chi connectivity index (χ1v) is 5.42. The monoisotopic (exact) mass is 280 g/mol. The van der Waals surface area contributed by atoms with Gasteiger partial charge in [-0.1, -0.05) is 6.07 Å². The maximum Gasteiger partial charge on any atom is 0.219 e. The molecule has 0 saturated heterocycles. The van der Waals surface area contributed by atoms with E-state index >= 15 is 0 Å². The van der Waals surface area contributed by atoms with Gasteiger partial charge in [-0.3, -0.25) is 4.98 Å². The summed E-state index contributed by atoms with van der Waals surface area (Å²) in [5.74, 6) is 1.03. The van der Waals surface area contributed by atoms with E-state index in [0.717, 1.165) is 4.47 Å². The molecule has 0 saturated carbocycles. The molecule has 0 aliphatic carbocycles. The van der Waals surface area contributed by atoms with Crippen LogP contribution < -0.4 is 4.74 Å². The zero-order valence-electron chi connectivity index (χ0n) is 8.30. The molecular weight excluding hydrogens is 272 g/mol. The Balaban J connectivity index is 2.20. The summed E-state index contributed by atoms with van der Waals surface area (Å²) >= 11 is 3.30. The molecule has 82 valence electrons. The molecule has 0 spiro atoms. The van der Waals surface area contributed by atoms with Crippen molar-refractivity contribution in [1.29, 1.82) is 0 Å². The molecule has 16 heavy (non-hydrogen) atoms. The van der Waals surface area contributed by atoms with Crippen molar-refractivity contribution in [2.75, 3.05) is 0 Å². The van der Waals surface area contributed by atoms with Crippen LogP contribution in [-0.2, 0) is 6.61 Å². The van der Waals surface area contributed by atoms with Crippen LogP contribution in [0.2, 0.25) is 0 Å². The molecule has 0 unspecified atom stereocenters. The lowest BCUT2D eigenvalue weighted by atomic mass is 10.4. The summed E-state index contributed by atoms with van der Waals surface area (Å²) in [6.07, 6.45) is 3.27. The fourth-order valence-electron chi connectivity index (χ4n) is 1.17. The predicted octanol–water partition coefficient (Wildman–Crippen LogP) is 2.52. The van der Waals surface area contributed by atoms with Crippen LogP contribution in [0.4, 0.5) is 0 Å². The SMILES string of the molecule is OCc1cccc(Oc2cncc(Br)c2)n1. The second-order valence-electron chi connectivity index (χ2n) is 3.07. The normalized spacial score (nSPS) is 10.1. The van der Waals surface area contributed by atoms with Gasteiger partial charge in [0.25, 0.3) is 0 Å². The van der Waals surface area contributed by atoms with Gasteiger partial charge in [0.1, 0.15) is 5.75 Å². The third-order valence-electron chi connectivity index (χ3n) is 1.85. The molecule has 0 aliphatic rings. The lowest BCUT2D eigenvalue weighted by Crippen LogP contribution is -1.93. The molecule has 0 fully saturated rings. The summed E-state index contributed by atoms with van der Waals surface area (Å²) in [6, 6.07) is 7.02. The van der Waals surface area contributed by atoms with E-state index < -0.39 is 0 Å². The molecule has 4 nitrogen and oxygen atoms in total. The Morgan fingerprint density at radius 3 is 2.94 bits per heavy atom. The summed E-state index contributed by atoms with van der Waals surface area (Å²) in [5.41, 5.74) is 0.570. The van der Waals surface area contributed by atoms with Gasteiger partial charge in [0.15, 0.2) is 0 Å². The largest absolute Gasteiger partial charge is 0.437 e. The molecule has 2 aromatic rings. The van der Waals surface area contributed by atoms with Crippen LogP contribution >= 0.6 is 15.9 Å². The lowest BCUT2D eigenvalue weighted by Gasteiger charge is -2.05. The van der Waals surface area contributed by atoms with E-state index in [-0.39, 0.29) is 6.61 Å². The van der Waals surface area contributed by atoms with Crippen LogP contribution in [0.25, 0.3) is 0 Å². The van der Waals surface area contributed by atoms with Gasteiger partial charge < -0.3 is 9.84 Å². The van der Waals surface area contributed by atoms with Crippen molar-refractivity contribution in [3.05, 3.63) is 46.8 Å². The third-order valence-corrected chi connectivity index (χ3v) is 2.28. The van der Waals surface area contributed by atoms with Crippen molar-refractivity contribution in [3.8, 4) is 11.6 Å².